The van der Waals surface area contributed by atoms with Gasteiger partial charge in [-0.3, -0.25) is 4.90 Å². The van der Waals surface area contributed by atoms with Crippen molar-refractivity contribution in [3.8, 4) is 5.75 Å². The summed E-state index contributed by atoms with van der Waals surface area (Å²) in [6, 6.07) is 8.17. The Labute approximate surface area is 110 Å². The Hall–Kier alpha value is -1.06. The molecule has 1 aromatic rings. The second-order valence-corrected chi connectivity index (χ2v) is 5.43. The number of hydrogen-bond acceptors (Lipinski definition) is 3. The highest BCUT2D eigenvalue weighted by Gasteiger charge is 2.25. The zero-order valence-electron chi connectivity index (χ0n) is 11.4. The van der Waals surface area contributed by atoms with Gasteiger partial charge in [-0.15, -0.1) is 0 Å². The maximum Gasteiger partial charge on any atom is 0.115 e. The fraction of sp³-hybridized carbons (Fsp3) is 0.600. The monoisotopic (exact) mass is 248 g/mol. The van der Waals surface area contributed by atoms with Crippen molar-refractivity contribution in [2.75, 3.05) is 26.7 Å². The van der Waals surface area contributed by atoms with Crippen LogP contribution in [0.3, 0.4) is 0 Å². The molecule has 0 radical (unpaired) electrons. The van der Waals surface area contributed by atoms with E-state index < -0.39 is 0 Å². The Morgan fingerprint density at radius 2 is 2.11 bits per heavy atom. The topological polar surface area (TPSA) is 35.5 Å². The van der Waals surface area contributed by atoms with E-state index >= 15 is 0 Å². The van der Waals surface area contributed by atoms with E-state index in [-0.39, 0.29) is 0 Å². The van der Waals surface area contributed by atoms with Crippen LogP contribution in [0, 0.1) is 5.92 Å². The molecule has 100 valence electrons. The molecule has 3 heteroatoms. The molecule has 1 aliphatic heterocycles. The van der Waals surface area contributed by atoms with E-state index in [0.29, 0.717) is 11.8 Å². The Kier molecular flexibility index (Phi) is 4.61. The lowest BCUT2D eigenvalue weighted by molar-refractivity contribution is 0.247. The Morgan fingerprint density at radius 3 is 2.78 bits per heavy atom. The summed E-state index contributed by atoms with van der Waals surface area (Å²) in [5, 5.41) is 12.5. The molecule has 1 aromatic carbocycles. The zero-order valence-corrected chi connectivity index (χ0v) is 11.4. The molecule has 2 atom stereocenters. The summed E-state index contributed by atoms with van der Waals surface area (Å²) in [7, 11) is 2.03. The molecule has 1 aliphatic rings. The van der Waals surface area contributed by atoms with Crippen LogP contribution in [0.25, 0.3) is 0 Å². The standard InChI is InChI=1S/C15H24N2O/c1-12(9-13-3-5-15(18)6-4-13)17-8-7-14(11-17)10-16-2/h3-6,12,14,16,18H,7-11H2,1-2H3. The van der Waals surface area contributed by atoms with Gasteiger partial charge in [0.25, 0.3) is 0 Å². The van der Waals surface area contributed by atoms with Crippen molar-refractivity contribution in [1.82, 2.24) is 10.2 Å². The number of benzene rings is 1. The molecule has 18 heavy (non-hydrogen) atoms. The average molecular weight is 248 g/mol. The minimum Gasteiger partial charge on any atom is -0.508 e. The molecule has 0 saturated carbocycles. The lowest BCUT2D eigenvalue weighted by Gasteiger charge is -2.24. The summed E-state index contributed by atoms with van der Waals surface area (Å²) in [4.78, 5) is 2.58. The first-order valence-corrected chi connectivity index (χ1v) is 6.85. The Balaban J connectivity index is 1.85. The summed E-state index contributed by atoms with van der Waals surface area (Å²) in [6.07, 6.45) is 2.37. The molecule has 3 nitrogen and oxygen atoms in total. The molecule has 1 heterocycles. The lowest BCUT2D eigenvalue weighted by Crippen LogP contribution is -2.33. The van der Waals surface area contributed by atoms with Gasteiger partial charge in [-0.2, -0.15) is 0 Å². The smallest absolute Gasteiger partial charge is 0.115 e. The number of phenolic OH excluding ortho intramolecular Hbond substituents is 1. The number of aromatic hydroxyl groups is 1. The molecular formula is C15H24N2O. The van der Waals surface area contributed by atoms with Gasteiger partial charge in [0.15, 0.2) is 0 Å². The predicted octanol–water partition coefficient (Wildman–Crippen LogP) is 1.86. The van der Waals surface area contributed by atoms with Crippen molar-refractivity contribution in [2.45, 2.75) is 25.8 Å². The first-order valence-electron chi connectivity index (χ1n) is 6.85. The van der Waals surface area contributed by atoms with E-state index in [1.54, 1.807) is 12.1 Å². The first-order chi connectivity index (χ1) is 8.69. The number of nitrogens with zero attached hydrogens (tertiary/aromatic N) is 1. The summed E-state index contributed by atoms with van der Waals surface area (Å²) >= 11 is 0. The summed E-state index contributed by atoms with van der Waals surface area (Å²) < 4.78 is 0. The van der Waals surface area contributed by atoms with Crippen molar-refractivity contribution in [1.29, 1.82) is 0 Å². The largest absolute Gasteiger partial charge is 0.508 e. The third-order valence-corrected chi connectivity index (χ3v) is 3.90. The fourth-order valence-electron chi connectivity index (χ4n) is 2.82. The van der Waals surface area contributed by atoms with Crippen molar-refractivity contribution in [3.63, 3.8) is 0 Å². The van der Waals surface area contributed by atoms with Crippen molar-refractivity contribution in [2.24, 2.45) is 5.92 Å². The zero-order chi connectivity index (χ0) is 13.0. The highest BCUT2D eigenvalue weighted by atomic mass is 16.3. The van der Waals surface area contributed by atoms with Crippen LogP contribution in [0.5, 0.6) is 5.75 Å². The maximum atomic E-state index is 9.28. The van der Waals surface area contributed by atoms with Gasteiger partial charge in [0.2, 0.25) is 0 Å². The third kappa shape index (κ3) is 3.47. The molecule has 2 N–H and O–H groups in total. The molecule has 0 aliphatic carbocycles. The van der Waals surface area contributed by atoms with Gasteiger partial charge < -0.3 is 10.4 Å². The van der Waals surface area contributed by atoms with E-state index in [9.17, 15) is 5.11 Å². The Bertz CT molecular complexity index is 363. The molecule has 0 spiro atoms. The summed E-state index contributed by atoms with van der Waals surface area (Å²) in [5.74, 6) is 1.15. The van der Waals surface area contributed by atoms with Crippen LogP contribution in [0.1, 0.15) is 18.9 Å². The highest BCUT2D eigenvalue weighted by molar-refractivity contribution is 5.26. The molecule has 0 aromatic heterocycles. The lowest BCUT2D eigenvalue weighted by atomic mass is 10.1. The van der Waals surface area contributed by atoms with Crippen LogP contribution in [0.4, 0.5) is 0 Å². The highest BCUT2D eigenvalue weighted by Crippen LogP contribution is 2.20. The normalized spacial score (nSPS) is 22.2. The molecule has 0 bridgehead atoms. The molecule has 2 rings (SSSR count). The molecule has 0 amide bonds. The van der Waals surface area contributed by atoms with Gasteiger partial charge in [0.05, 0.1) is 0 Å². The van der Waals surface area contributed by atoms with Gasteiger partial charge in [-0.1, -0.05) is 12.1 Å². The van der Waals surface area contributed by atoms with Crippen LogP contribution in [-0.2, 0) is 6.42 Å². The number of hydrogen-bond donors (Lipinski definition) is 2. The molecular weight excluding hydrogens is 224 g/mol. The number of likely N-dealkylation sites (tertiary alicyclic amines) is 1. The number of nitrogens with one attached hydrogen (secondary N) is 1. The SMILES string of the molecule is CNCC1CCN(C(C)Cc2ccc(O)cc2)C1. The van der Waals surface area contributed by atoms with E-state index in [1.165, 1.54) is 25.1 Å². The molecule has 1 saturated heterocycles. The van der Waals surface area contributed by atoms with Gasteiger partial charge in [-0.05, 0) is 63.5 Å². The summed E-state index contributed by atoms with van der Waals surface area (Å²) in [6.45, 7) is 5.85. The van der Waals surface area contributed by atoms with Gasteiger partial charge in [0, 0.05) is 12.6 Å². The third-order valence-electron chi connectivity index (χ3n) is 3.90. The first kappa shape index (κ1) is 13.4. The fourth-order valence-corrected chi connectivity index (χ4v) is 2.82. The van der Waals surface area contributed by atoms with Crippen molar-refractivity contribution in [3.05, 3.63) is 29.8 Å². The van der Waals surface area contributed by atoms with E-state index in [4.69, 9.17) is 0 Å². The van der Waals surface area contributed by atoms with Crippen LogP contribution >= 0.6 is 0 Å². The van der Waals surface area contributed by atoms with Crippen LogP contribution in [0.2, 0.25) is 0 Å². The number of rotatable bonds is 5. The van der Waals surface area contributed by atoms with E-state index in [2.05, 4.69) is 17.1 Å². The van der Waals surface area contributed by atoms with Gasteiger partial charge in [-0.25, -0.2) is 0 Å². The minimum atomic E-state index is 0.349. The van der Waals surface area contributed by atoms with Crippen molar-refractivity contribution < 1.29 is 5.11 Å². The summed E-state index contributed by atoms with van der Waals surface area (Å²) in [5.41, 5.74) is 1.30. The second kappa shape index (κ2) is 6.21. The van der Waals surface area contributed by atoms with Crippen LogP contribution in [-0.4, -0.2) is 42.7 Å². The molecule has 1 fully saturated rings. The van der Waals surface area contributed by atoms with Gasteiger partial charge >= 0.3 is 0 Å². The van der Waals surface area contributed by atoms with Crippen LogP contribution < -0.4 is 5.32 Å². The molecule has 2 unspecified atom stereocenters. The van der Waals surface area contributed by atoms with E-state index in [1.807, 2.05) is 19.2 Å². The minimum absolute atomic E-state index is 0.349. The Morgan fingerprint density at radius 1 is 1.39 bits per heavy atom. The second-order valence-electron chi connectivity index (χ2n) is 5.43. The number of phenols is 1. The van der Waals surface area contributed by atoms with Crippen molar-refractivity contribution >= 4 is 0 Å². The van der Waals surface area contributed by atoms with E-state index in [0.717, 1.165) is 18.9 Å². The van der Waals surface area contributed by atoms with Crippen LogP contribution in [0.15, 0.2) is 24.3 Å². The maximum absolute atomic E-state index is 9.28. The average Bonchev–Trinajstić information content (AvgIpc) is 2.81. The predicted molar refractivity (Wildman–Crippen MR) is 74.9 cm³/mol. The van der Waals surface area contributed by atoms with Gasteiger partial charge in [0.1, 0.15) is 5.75 Å². The quantitative estimate of drug-likeness (QED) is 0.835.